The Morgan fingerprint density at radius 1 is 1.31 bits per heavy atom. The molecule has 1 aromatic heterocycles. The first-order valence-corrected chi connectivity index (χ1v) is 11.7. The lowest BCUT2D eigenvalue weighted by Crippen LogP contribution is -2.43. The van der Waals surface area contributed by atoms with E-state index < -0.39 is 32.4 Å². The number of carbonyl (C=O) groups is 1. The Morgan fingerprint density at radius 2 is 1.97 bits per heavy atom. The number of amides is 1. The number of ether oxygens (including phenoxy) is 2. The molecule has 1 atom stereocenters. The van der Waals surface area contributed by atoms with Gasteiger partial charge in [0.1, 0.15) is 22.4 Å². The van der Waals surface area contributed by atoms with E-state index >= 15 is 0 Å². The first kappa shape index (κ1) is 24.1. The minimum atomic E-state index is -4.17. The van der Waals surface area contributed by atoms with Crippen molar-refractivity contribution in [3.05, 3.63) is 29.9 Å². The number of sulfonamides is 1. The molecule has 1 saturated heterocycles. The molecule has 1 fully saturated rings. The molecule has 12 heteroatoms. The van der Waals surface area contributed by atoms with Crippen LogP contribution in [0.15, 0.2) is 27.6 Å². The van der Waals surface area contributed by atoms with Crippen LogP contribution >= 0.6 is 0 Å². The standard InChI is InChI=1S/C20H27FN4O6S/c1-12(29-14-7-9-25(10-8-14)19(26)30-20(2,3)4)18-23-17(24-31-18)13-5-6-16(15(21)11-13)32(22,27)28/h5-6,11-12,14H,7-10H2,1-4H3,(H2,22,27,28)/t12-/m1/s1. The lowest BCUT2D eigenvalue weighted by Gasteiger charge is -2.34. The smallest absolute Gasteiger partial charge is 0.410 e. The summed E-state index contributed by atoms with van der Waals surface area (Å²) in [7, 11) is -4.17. The van der Waals surface area contributed by atoms with Gasteiger partial charge in [-0.15, -0.1) is 0 Å². The molecule has 0 saturated carbocycles. The molecule has 0 unspecified atom stereocenters. The largest absolute Gasteiger partial charge is 0.444 e. The zero-order chi connectivity index (χ0) is 23.7. The highest BCUT2D eigenvalue weighted by Crippen LogP contribution is 2.26. The maximum Gasteiger partial charge on any atom is 0.410 e. The summed E-state index contributed by atoms with van der Waals surface area (Å²) < 4.78 is 53.4. The fourth-order valence-electron chi connectivity index (χ4n) is 3.24. The third kappa shape index (κ3) is 6.02. The lowest BCUT2D eigenvalue weighted by molar-refractivity contribution is -0.0509. The number of aromatic nitrogens is 2. The first-order chi connectivity index (χ1) is 14.8. The maximum atomic E-state index is 14.1. The fourth-order valence-corrected chi connectivity index (χ4v) is 3.82. The third-order valence-electron chi connectivity index (χ3n) is 4.78. The van der Waals surface area contributed by atoms with E-state index in [0.29, 0.717) is 25.9 Å². The van der Waals surface area contributed by atoms with Gasteiger partial charge in [-0.3, -0.25) is 0 Å². The van der Waals surface area contributed by atoms with Crippen molar-refractivity contribution in [3.63, 3.8) is 0 Å². The molecule has 1 aromatic carbocycles. The summed E-state index contributed by atoms with van der Waals surface area (Å²) in [5, 5.41) is 8.79. The highest BCUT2D eigenvalue weighted by Gasteiger charge is 2.29. The van der Waals surface area contributed by atoms with E-state index in [4.69, 9.17) is 19.1 Å². The van der Waals surface area contributed by atoms with Crippen LogP contribution in [-0.4, -0.2) is 54.3 Å². The van der Waals surface area contributed by atoms with Crippen LogP contribution in [0.3, 0.4) is 0 Å². The van der Waals surface area contributed by atoms with Crippen molar-refractivity contribution in [1.29, 1.82) is 0 Å². The number of hydrogen-bond acceptors (Lipinski definition) is 8. The summed E-state index contributed by atoms with van der Waals surface area (Å²) in [5.74, 6) is -0.710. The number of carbonyl (C=O) groups excluding carboxylic acids is 1. The Balaban J connectivity index is 1.58. The topological polar surface area (TPSA) is 138 Å². The molecular weight excluding hydrogens is 443 g/mol. The van der Waals surface area contributed by atoms with Crippen LogP contribution in [0.5, 0.6) is 0 Å². The lowest BCUT2D eigenvalue weighted by atomic mass is 10.1. The van der Waals surface area contributed by atoms with Gasteiger partial charge in [-0.1, -0.05) is 5.16 Å². The van der Waals surface area contributed by atoms with Gasteiger partial charge in [0.25, 0.3) is 5.89 Å². The van der Waals surface area contributed by atoms with E-state index in [2.05, 4.69) is 10.1 Å². The van der Waals surface area contributed by atoms with Gasteiger partial charge in [0, 0.05) is 18.7 Å². The third-order valence-corrected chi connectivity index (χ3v) is 5.72. The molecule has 176 valence electrons. The van der Waals surface area contributed by atoms with Crippen LogP contribution in [-0.2, 0) is 19.5 Å². The highest BCUT2D eigenvalue weighted by atomic mass is 32.2. The summed E-state index contributed by atoms with van der Waals surface area (Å²) in [6, 6.07) is 3.37. The van der Waals surface area contributed by atoms with Crippen molar-refractivity contribution in [3.8, 4) is 11.4 Å². The average molecular weight is 471 g/mol. The van der Waals surface area contributed by atoms with Crippen molar-refractivity contribution >= 4 is 16.1 Å². The van der Waals surface area contributed by atoms with Gasteiger partial charge >= 0.3 is 6.09 Å². The number of hydrogen-bond donors (Lipinski definition) is 1. The number of rotatable bonds is 5. The molecule has 1 amide bonds. The SMILES string of the molecule is C[C@@H](OC1CCN(C(=O)OC(C)(C)C)CC1)c1nc(-c2ccc(S(N)(=O)=O)c(F)c2)no1. The first-order valence-electron chi connectivity index (χ1n) is 10.1. The molecule has 2 heterocycles. The van der Waals surface area contributed by atoms with E-state index in [-0.39, 0.29) is 29.5 Å². The van der Waals surface area contributed by atoms with Crippen LogP contribution in [0, 0.1) is 5.82 Å². The van der Waals surface area contributed by atoms with Gasteiger partial charge in [0.05, 0.1) is 6.10 Å². The van der Waals surface area contributed by atoms with Crippen LogP contribution in [0.1, 0.15) is 52.5 Å². The summed E-state index contributed by atoms with van der Waals surface area (Å²) >= 11 is 0. The normalized spacial score (nSPS) is 16.8. The molecule has 2 aromatic rings. The Hall–Kier alpha value is -2.57. The molecule has 1 aliphatic heterocycles. The Bertz CT molecular complexity index is 1070. The van der Waals surface area contributed by atoms with E-state index in [1.54, 1.807) is 11.8 Å². The second-order valence-corrected chi connectivity index (χ2v) is 10.1. The van der Waals surface area contributed by atoms with Crippen molar-refractivity contribution in [2.75, 3.05) is 13.1 Å². The predicted octanol–water partition coefficient (Wildman–Crippen LogP) is 3.00. The molecule has 0 spiro atoms. The quantitative estimate of drug-likeness (QED) is 0.704. The van der Waals surface area contributed by atoms with Gasteiger partial charge in [-0.2, -0.15) is 4.98 Å². The number of nitrogens with two attached hydrogens (primary N) is 1. The predicted molar refractivity (Wildman–Crippen MR) is 111 cm³/mol. The van der Waals surface area contributed by atoms with Crippen LogP contribution in [0.2, 0.25) is 0 Å². The zero-order valence-corrected chi connectivity index (χ0v) is 19.2. The Morgan fingerprint density at radius 3 is 2.53 bits per heavy atom. The molecule has 2 N–H and O–H groups in total. The van der Waals surface area contributed by atoms with Crippen LogP contribution in [0.25, 0.3) is 11.4 Å². The highest BCUT2D eigenvalue weighted by molar-refractivity contribution is 7.89. The molecule has 10 nitrogen and oxygen atoms in total. The summed E-state index contributed by atoms with van der Waals surface area (Å²) in [6.45, 7) is 8.24. The number of nitrogens with zero attached hydrogens (tertiary/aromatic N) is 3. The molecule has 0 radical (unpaired) electrons. The van der Waals surface area contributed by atoms with E-state index in [1.807, 2.05) is 20.8 Å². The molecular formula is C20H27FN4O6S. The second kappa shape index (κ2) is 9.12. The zero-order valence-electron chi connectivity index (χ0n) is 18.4. The number of piperidine rings is 1. The fraction of sp³-hybridized carbons (Fsp3) is 0.550. The van der Waals surface area contributed by atoms with Gasteiger partial charge < -0.3 is 18.9 Å². The molecule has 1 aliphatic rings. The van der Waals surface area contributed by atoms with Crippen molar-refractivity contribution in [2.45, 2.75) is 63.2 Å². The van der Waals surface area contributed by atoms with Gasteiger partial charge in [-0.05, 0) is 58.7 Å². The van der Waals surface area contributed by atoms with Crippen LogP contribution < -0.4 is 5.14 Å². The van der Waals surface area contributed by atoms with E-state index in [9.17, 15) is 17.6 Å². The number of likely N-dealkylation sites (tertiary alicyclic amines) is 1. The summed E-state index contributed by atoms with van der Waals surface area (Å²) in [6.07, 6.45) is 0.287. The second-order valence-electron chi connectivity index (χ2n) is 8.59. The number of benzene rings is 1. The number of halogens is 1. The summed E-state index contributed by atoms with van der Waals surface area (Å²) in [5.41, 5.74) is -0.307. The molecule has 0 aliphatic carbocycles. The average Bonchev–Trinajstić information content (AvgIpc) is 3.16. The van der Waals surface area contributed by atoms with Gasteiger partial charge in [0.2, 0.25) is 15.8 Å². The minimum Gasteiger partial charge on any atom is -0.444 e. The van der Waals surface area contributed by atoms with E-state index in [1.165, 1.54) is 6.07 Å². The van der Waals surface area contributed by atoms with Crippen LogP contribution in [0.4, 0.5) is 9.18 Å². The molecule has 32 heavy (non-hydrogen) atoms. The van der Waals surface area contributed by atoms with Crippen molar-refractivity contribution in [1.82, 2.24) is 15.0 Å². The van der Waals surface area contributed by atoms with Crippen molar-refractivity contribution in [2.24, 2.45) is 5.14 Å². The Labute approximate surface area is 185 Å². The Kier molecular flexibility index (Phi) is 6.86. The summed E-state index contributed by atoms with van der Waals surface area (Å²) in [4.78, 5) is 17.4. The minimum absolute atomic E-state index is 0.0927. The maximum absolute atomic E-state index is 14.1. The van der Waals surface area contributed by atoms with Gasteiger partial charge in [-0.25, -0.2) is 22.7 Å². The van der Waals surface area contributed by atoms with E-state index in [0.717, 1.165) is 12.1 Å². The van der Waals surface area contributed by atoms with Crippen molar-refractivity contribution < 1.29 is 31.6 Å². The molecule has 0 bridgehead atoms. The van der Waals surface area contributed by atoms with Gasteiger partial charge in [0.15, 0.2) is 0 Å². The molecule has 3 rings (SSSR count). The number of primary sulfonamides is 1. The monoisotopic (exact) mass is 470 g/mol.